The molecule has 0 bridgehead atoms. The highest BCUT2D eigenvalue weighted by Gasteiger charge is 2.27. The third kappa shape index (κ3) is 7.29. The number of nitrogens with zero attached hydrogens (tertiary/aromatic N) is 2. The van der Waals surface area contributed by atoms with E-state index in [1.807, 2.05) is 0 Å². The molecular formula is C17H32IN3O2S. The van der Waals surface area contributed by atoms with E-state index < -0.39 is 9.84 Å². The van der Waals surface area contributed by atoms with Crippen molar-refractivity contribution in [2.45, 2.75) is 45.6 Å². The fourth-order valence-electron chi connectivity index (χ4n) is 3.26. The van der Waals surface area contributed by atoms with Gasteiger partial charge in [-0.25, -0.2) is 8.42 Å². The van der Waals surface area contributed by atoms with Crippen molar-refractivity contribution >= 4 is 39.8 Å². The monoisotopic (exact) mass is 469 g/mol. The molecule has 2 rings (SSSR count). The lowest BCUT2D eigenvalue weighted by atomic mass is 9.94. The van der Waals surface area contributed by atoms with E-state index in [9.17, 15) is 8.42 Å². The predicted molar refractivity (Wildman–Crippen MR) is 112 cm³/mol. The van der Waals surface area contributed by atoms with Crippen LogP contribution in [0.2, 0.25) is 0 Å². The summed E-state index contributed by atoms with van der Waals surface area (Å²) in [5, 5.41) is 3.42. The van der Waals surface area contributed by atoms with E-state index in [1.165, 1.54) is 12.8 Å². The summed E-state index contributed by atoms with van der Waals surface area (Å²) in [4.78, 5) is 6.93. The maximum absolute atomic E-state index is 11.6. The zero-order valence-electron chi connectivity index (χ0n) is 15.1. The number of aliphatic imine (C=N–C) groups is 1. The molecule has 1 N–H and O–H groups in total. The molecule has 0 aromatic heterocycles. The fourth-order valence-corrected chi connectivity index (χ4v) is 5.11. The second-order valence-corrected chi connectivity index (χ2v) is 9.49. The first-order chi connectivity index (χ1) is 10.9. The molecule has 0 radical (unpaired) electrons. The summed E-state index contributed by atoms with van der Waals surface area (Å²) in [6.07, 6.45) is 8.83. The van der Waals surface area contributed by atoms with Gasteiger partial charge >= 0.3 is 0 Å². The number of guanidine groups is 1. The third-order valence-corrected chi connectivity index (χ3v) is 6.35. The summed E-state index contributed by atoms with van der Waals surface area (Å²) in [5.74, 6) is 2.37. The highest BCUT2D eigenvalue weighted by molar-refractivity contribution is 14.0. The summed E-state index contributed by atoms with van der Waals surface area (Å²) in [6, 6.07) is 0.315. The quantitative estimate of drug-likeness (QED) is 0.291. The summed E-state index contributed by atoms with van der Waals surface area (Å²) in [5.41, 5.74) is 0. The van der Waals surface area contributed by atoms with Crippen LogP contribution in [0, 0.1) is 11.8 Å². The number of halogens is 1. The topological polar surface area (TPSA) is 61.8 Å². The van der Waals surface area contributed by atoms with Gasteiger partial charge in [0.2, 0.25) is 0 Å². The molecule has 0 saturated carbocycles. The third-order valence-electron chi connectivity index (χ3n) is 4.52. The second-order valence-electron chi connectivity index (χ2n) is 7.26. The van der Waals surface area contributed by atoms with Gasteiger partial charge < -0.3 is 10.2 Å². The molecule has 1 fully saturated rings. The minimum Gasteiger partial charge on any atom is -0.354 e. The Kier molecular flexibility index (Phi) is 9.05. The molecule has 1 heterocycles. The first kappa shape index (κ1) is 21.7. The summed E-state index contributed by atoms with van der Waals surface area (Å²) in [7, 11) is -0.739. The van der Waals surface area contributed by atoms with Gasteiger partial charge in [-0.2, -0.15) is 0 Å². The van der Waals surface area contributed by atoms with Crippen LogP contribution in [-0.4, -0.2) is 57.0 Å². The molecule has 1 saturated heterocycles. The van der Waals surface area contributed by atoms with E-state index >= 15 is 0 Å². The normalized spacial score (nSPS) is 26.2. The molecule has 24 heavy (non-hydrogen) atoms. The lowest BCUT2D eigenvalue weighted by Crippen LogP contribution is -2.44. The minimum atomic E-state index is -2.82. The zero-order chi connectivity index (χ0) is 16.9. The highest BCUT2D eigenvalue weighted by Crippen LogP contribution is 2.20. The Morgan fingerprint density at radius 3 is 2.58 bits per heavy atom. The van der Waals surface area contributed by atoms with Crippen LogP contribution >= 0.6 is 24.0 Å². The van der Waals surface area contributed by atoms with Crippen LogP contribution in [0.15, 0.2) is 17.1 Å². The van der Waals surface area contributed by atoms with E-state index in [1.54, 1.807) is 0 Å². The Balaban J connectivity index is 0.00000288. The van der Waals surface area contributed by atoms with Gasteiger partial charge in [0.1, 0.15) is 0 Å². The SMILES string of the molecule is CC(C)NC(=NCC1CCS(=O)(=O)C1)N(C)CC1CC=CCC1.I. The molecule has 5 nitrogen and oxygen atoms in total. The molecule has 2 unspecified atom stereocenters. The van der Waals surface area contributed by atoms with E-state index in [2.05, 4.69) is 43.3 Å². The Hall–Kier alpha value is -0.310. The minimum absolute atomic E-state index is 0. The average Bonchev–Trinajstić information content (AvgIpc) is 2.83. The average molecular weight is 469 g/mol. The van der Waals surface area contributed by atoms with E-state index in [4.69, 9.17) is 4.99 Å². The number of hydrogen-bond donors (Lipinski definition) is 1. The molecule has 0 spiro atoms. The van der Waals surface area contributed by atoms with Gasteiger partial charge in [0.05, 0.1) is 11.5 Å². The molecule has 1 aliphatic carbocycles. The highest BCUT2D eigenvalue weighted by atomic mass is 127. The van der Waals surface area contributed by atoms with Gasteiger partial charge in [-0.15, -0.1) is 24.0 Å². The van der Waals surface area contributed by atoms with E-state index in [0.717, 1.165) is 25.3 Å². The number of rotatable bonds is 5. The molecular weight excluding hydrogens is 437 g/mol. The Labute approximate surface area is 164 Å². The molecule has 140 valence electrons. The molecule has 1 aliphatic heterocycles. The number of nitrogens with one attached hydrogen (secondary N) is 1. The molecule has 0 aromatic rings. The van der Waals surface area contributed by atoms with Crippen molar-refractivity contribution in [3.63, 3.8) is 0 Å². The van der Waals surface area contributed by atoms with Crippen molar-refractivity contribution in [2.24, 2.45) is 16.8 Å². The number of allylic oxidation sites excluding steroid dienone is 2. The Morgan fingerprint density at radius 2 is 2.04 bits per heavy atom. The largest absolute Gasteiger partial charge is 0.354 e. The molecule has 0 aromatic carbocycles. The standard InChI is InChI=1S/C17H31N3O2S.HI/c1-14(2)19-17(18-11-16-9-10-23(21,22)13-16)20(3)12-15-7-5-4-6-8-15;/h4-5,14-16H,6-13H2,1-3H3,(H,18,19);1H. The zero-order valence-corrected chi connectivity index (χ0v) is 18.2. The molecule has 7 heteroatoms. The fraction of sp³-hybridized carbons (Fsp3) is 0.824. The van der Waals surface area contributed by atoms with Crippen molar-refractivity contribution < 1.29 is 8.42 Å². The summed E-state index contributed by atoms with van der Waals surface area (Å²) >= 11 is 0. The second kappa shape index (κ2) is 9.99. The van der Waals surface area contributed by atoms with Gasteiger partial charge in [0, 0.05) is 26.2 Å². The van der Waals surface area contributed by atoms with Crippen molar-refractivity contribution in [2.75, 3.05) is 31.6 Å². The summed E-state index contributed by atoms with van der Waals surface area (Å²) < 4.78 is 23.2. The summed E-state index contributed by atoms with van der Waals surface area (Å²) in [6.45, 7) is 5.80. The molecule has 0 amide bonds. The van der Waals surface area contributed by atoms with Gasteiger partial charge in [-0.05, 0) is 51.4 Å². The maximum atomic E-state index is 11.6. The first-order valence-corrected chi connectivity index (χ1v) is 10.6. The van der Waals surface area contributed by atoms with E-state index in [-0.39, 0.29) is 29.9 Å². The molecule has 2 atom stereocenters. The lowest BCUT2D eigenvalue weighted by Gasteiger charge is -2.29. The first-order valence-electron chi connectivity index (χ1n) is 8.73. The predicted octanol–water partition coefficient (Wildman–Crippen LogP) is 2.68. The van der Waals surface area contributed by atoms with E-state index in [0.29, 0.717) is 30.0 Å². The van der Waals surface area contributed by atoms with Crippen LogP contribution in [-0.2, 0) is 9.84 Å². The van der Waals surface area contributed by atoms with Gasteiger partial charge in [0.25, 0.3) is 0 Å². The van der Waals surface area contributed by atoms with Gasteiger partial charge in [-0.1, -0.05) is 12.2 Å². The lowest BCUT2D eigenvalue weighted by molar-refractivity contribution is 0.349. The Bertz CT molecular complexity index is 546. The molecule has 2 aliphatic rings. The smallest absolute Gasteiger partial charge is 0.193 e. The number of hydrogen-bond acceptors (Lipinski definition) is 3. The van der Waals surface area contributed by atoms with Crippen LogP contribution in [0.1, 0.15) is 39.5 Å². The van der Waals surface area contributed by atoms with Gasteiger partial charge in [-0.3, -0.25) is 4.99 Å². The Morgan fingerprint density at radius 1 is 1.29 bits per heavy atom. The maximum Gasteiger partial charge on any atom is 0.193 e. The van der Waals surface area contributed by atoms with Crippen LogP contribution in [0.25, 0.3) is 0 Å². The van der Waals surface area contributed by atoms with Crippen LogP contribution < -0.4 is 5.32 Å². The van der Waals surface area contributed by atoms with Crippen molar-refractivity contribution in [3.8, 4) is 0 Å². The van der Waals surface area contributed by atoms with Crippen LogP contribution in [0.4, 0.5) is 0 Å². The van der Waals surface area contributed by atoms with Gasteiger partial charge in [0.15, 0.2) is 15.8 Å². The van der Waals surface area contributed by atoms with Crippen molar-refractivity contribution in [1.29, 1.82) is 0 Å². The van der Waals surface area contributed by atoms with Crippen molar-refractivity contribution in [3.05, 3.63) is 12.2 Å². The van der Waals surface area contributed by atoms with Crippen molar-refractivity contribution in [1.82, 2.24) is 10.2 Å². The number of sulfone groups is 1. The van der Waals surface area contributed by atoms with Crippen LogP contribution in [0.5, 0.6) is 0 Å². The van der Waals surface area contributed by atoms with Crippen LogP contribution in [0.3, 0.4) is 0 Å².